The first-order valence-electron chi connectivity index (χ1n) is 5.62. The van der Waals surface area contributed by atoms with Gasteiger partial charge >= 0.3 is 0 Å². The Morgan fingerprint density at radius 2 is 2.33 bits per heavy atom. The molecule has 2 N–H and O–H groups in total. The van der Waals surface area contributed by atoms with Gasteiger partial charge < -0.3 is 19.6 Å². The average molecular weight is 318 g/mol. The molecule has 0 saturated heterocycles. The zero-order chi connectivity index (χ0) is 13.2. The Morgan fingerprint density at radius 3 is 3.00 bits per heavy atom. The van der Waals surface area contributed by atoms with Crippen molar-refractivity contribution in [3.05, 3.63) is 28.6 Å². The van der Waals surface area contributed by atoms with Crippen LogP contribution in [-0.4, -0.2) is 37.4 Å². The van der Waals surface area contributed by atoms with Gasteiger partial charge in [0.05, 0.1) is 13.2 Å². The minimum atomic E-state index is -0.176. The van der Waals surface area contributed by atoms with Crippen LogP contribution in [0.2, 0.25) is 0 Å². The van der Waals surface area contributed by atoms with E-state index in [1.807, 2.05) is 0 Å². The van der Waals surface area contributed by atoms with Crippen molar-refractivity contribution >= 4 is 27.9 Å². The van der Waals surface area contributed by atoms with Gasteiger partial charge in [-0.2, -0.15) is 0 Å². The SMILES string of the molecule is O=C(/C=C/c1ccc(Br)o1)NCCCOCCO. The number of carbonyl (C=O) groups is 1. The number of aliphatic hydroxyl groups is 1. The summed E-state index contributed by atoms with van der Waals surface area (Å²) in [6, 6.07) is 3.52. The van der Waals surface area contributed by atoms with Crippen molar-refractivity contribution in [3.63, 3.8) is 0 Å². The smallest absolute Gasteiger partial charge is 0.244 e. The Kier molecular flexibility index (Phi) is 7.40. The van der Waals surface area contributed by atoms with E-state index in [4.69, 9.17) is 14.3 Å². The lowest BCUT2D eigenvalue weighted by atomic mass is 10.3. The lowest BCUT2D eigenvalue weighted by molar-refractivity contribution is -0.116. The van der Waals surface area contributed by atoms with Gasteiger partial charge in [-0.15, -0.1) is 0 Å². The van der Waals surface area contributed by atoms with Crippen LogP contribution in [0.15, 0.2) is 27.3 Å². The van der Waals surface area contributed by atoms with E-state index in [9.17, 15) is 4.79 Å². The van der Waals surface area contributed by atoms with E-state index in [-0.39, 0.29) is 12.5 Å². The first-order valence-corrected chi connectivity index (χ1v) is 6.41. The van der Waals surface area contributed by atoms with Crippen LogP contribution in [0.3, 0.4) is 0 Å². The van der Waals surface area contributed by atoms with Gasteiger partial charge in [-0.05, 0) is 40.6 Å². The zero-order valence-electron chi connectivity index (χ0n) is 9.89. The van der Waals surface area contributed by atoms with Gasteiger partial charge in [0.25, 0.3) is 0 Å². The third-order valence-corrected chi connectivity index (χ3v) is 2.42. The molecule has 6 heteroatoms. The molecule has 0 unspecified atom stereocenters. The highest BCUT2D eigenvalue weighted by Crippen LogP contribution is 2.14. The maximum absolute atomic E-state index is 11.4. The molecule has 0 aliphatic rings. The highest BCUT2D eigenvalue weighted by atomic mass is 79.9. The molecule has 1 amide bonds. The summed E-state index contributed by atoms with van der Waals surface area (Å²) in [5.41, 5.74) is 0. The highest BCUT2D eigenvalue weighted by molar-refractivity contribution is 9.10. The van der Waals surface area contributed by atoms with E-state index in [2.05, 4.69) is 21.2 Å². The van der Waals surface area contributed by atoms with Gasteiger partial charge in [0.15, 0.2) is 4.67 Å². The lowest BCUT2D eigenvalue weighted by Crippen LogP contribution is -2.23. The predicted octanol–water partition coefficient (Wildman–Crippen LogP) is 1.57. The van der Waals surface area contributed by atoms with E-state index < -0.39 is 0 Å². The number of halogens is 1. The number of hydrogen-bond donors (Lipinski definition) is 2. The number of amides is 1. The summed E-state index contributed by atoms with van der Waals surface area (Å²) in [6.45, 7) is 1.42. The molecule has 0 aliphatic heterocycles. The Balaban J connectivity index is 2.12. The minimum absolute atomic E-state index is 0.0216. The third-order valence-electron chi connectivity index (χ3n) is 1.99. The summed E-state index contributed by atoms with van der Waals surface area (Å²) < 4.78 is 10.9. The number of hydrogen-bond acceptors (Lipinski definition) is 4. The fourth-order valence-corrected chi connectivity index (χ4v) is 1.51. The molecule has 0 aliphatic carbocycles. The fraction of sp³-hybridized carbons (Fsp3) is 0.417. The Hall–Kier alpha value is -1.11. The molecule has 1 heterocycles. The molecule has 0 atom stereocenters. The van der Waals surface area contributed by atoms with Crippen molar-refractivity contribution in [2.24, 2.45) is 0 Å². The summed E-state index contributed by atoms with van der Waals surface area (Å²) in [4.78, 5) is 11.4. The molecular formula is C12H16BrNO4. The van der Waals surface area contributed by atoms with Crippen LogP contribution in [-0.2, 0) is 9.53 Å². The monoisotopic (exact) mass is 317 g/mol. The number of ether oxygens (including phenoxy) is 1. The topological polar surface area (TPSA) is 71.7 Å². The molecule has 1 rings (SSSR count). The van der Waals surface area contributed by atoms with Gasteiger partial charge in [-0.1, -0.05) is 0 Å². The molecule has 1 aromatic rings. The summed E-state index contributed by atoms with van der Waals surface area (Å²) in [7, 11) is 0. The summed E-state index contributed by atoms with van der Waals surface area (Å²) in [5.74, 6) is 0.438. The van der Waals surface area contributed by atoms with Crippen molar-refractivity contribution in [1.82, 2.24) is 5.32 Å². The van der Waals surface area contributed by atoms with Crippen molar-refractivity contribution in [1.29, 1.82) is 0 Å². The second-order valence-electron chi connectivity index (χ2n) is 3.46. The van der Waals surface area contributed by atoms with Gasteiger partial charge in [0.1, 0.15) is 5.76 Å². The molecule has 18 heavy (non-hydrogen) atoms. The molecule has 0 bridgehead atoms. The molecule has 0 saturated carbocycles. The van der Waals surface area contributed by atoms with Crippen LogP contribution in [0.1, 0.15) is 12.2 Å². The summed E-state index contributed by atoms with van der Waals surface area (Å²) in [6.07, 6.45) is 3.73. The standard InChI is InChI=1S/C12H16BrNO4/c13-11-4-2-10(18-11)3-5-12(16)14-6-1-8-17-9-7-15/h2-5,15H,1,6-9H2,(H,14,16)/b5-3+. The Morgan fingerprint density at radius 1 is 1.50 bits per heavy atom. The van der Waals surface area contributed by atoms with Crippen molar-refractivity contribution < 1.29 is 19.1 Å². The maximum atomic E-state index is 11.4. The van der Waals surface area contributed by atoms with Crippen molar-refractivity contribution in [3.8, 4) is 0 Å². The van der Waals surface area contributed by atoms with E-state index in [1.165, 1.54) is 6.08 Å². The minimum Gasteiger partial charge on any atom is -0.450 e. The van der Waals surface area contributed by atoms with Crippen LogP contribution < -0.4 is 5.32 Å². The molecule has 1 aromatic heterocycles. The predicted molar refractivity (Wildman–Crippen MR) is 71.0 cm³/mol. The van der Waals surface area contributed by atoms with Crippen LogP contribution in [0.4, 0.5) is 0 Å². The van der Waals surface area contributed by atoms with E-state index >= 15 is 0 Å². The molecular weight excluding hydrogens is 302 g/mol. The Bertz CT molecular complexity index is 389. The first-order chi connectivity index (χ1) is 8.72. The highest BCUT2D eigenvalue weighted by Gasteiger charge is 1.97. The number of carbonyl (C=O) groups excluding carboxylic acids is 1. The van der Waals surface area contributed by atoms with Gasteiger partial charge in [0.2, 0.25) is 5.91 Å². The average Bonchev–Trinajstić information content (AvgIpc) is 2.77. The van der Waals surface area contributed by atoms with Crippen LogP contribution >= 0.6 is 15.9 Å². The van der Waals surface area contributed by atoms with E-state index in [1.54, 1.807) is 18.2 Å². The van der Waals surface area contributed by atoms with Crippen molar-refractivity contribution in [2.45, 2.75) is 6.42 Å². The molecule has 0 radical (unpaired) electrons. The fourth-order valence-electron chi connectivity index (χ4n) is 1.19. The Labute approximate surface area is 114 Å². The summed E-state index contributed by atoms with van der Waals surface area (Å²) in [5, 5.41) is 11.2. The molecule has 5 nitrogen and oxygen atoms in total. The second kappa shape index (κ2) is 8.91. The summed E-state index contributed by atoms with van der Waals surface area (Å²) >= 11 is 3.18. The largest absolute Gasteiger partial charge is 0.450 e. The van der Waals surface area contributed by atoms with Crippen molar-refractivity contribution in [2.75, 3.05) is 26.4 Å². The first kappa shape index (κ1) is 14.9. The van der Waals surface area contributed by atoms with E-state index in [0.29, 0.717) is 36.6 Å². The lowest BCUT2D eigenvalue weighted by Gasteiger charge is -2.02. The van der Waals surface area contributed by atoms with Gasteiger partial charge in [-0.25, -0.2) is 0 Å². The van der Waals surface area contributed by atoms with Gasteiger partial charge in [0, 0.05) is 19.2 Å². The molecule has 0 spiro atoms. The normalized spacial score (nSPS) is 11.0. The number of rotatable bonds is 8. The van der Waals surface area contributed by atoms with Crippen LogP contribution in [0, 0.1) is 0 Å². The number of furan rings is 1. The molecule has 0 aromatic carbocycles. The maximum Gasteiger partial charge on any atom is 0.244 e. The zero-order valence-corrected chi connectivity index (χ0v) is 11.5. The third kappa shape index (κ3) is 6.58. The van der Waals surface area contributed by atoms with Crippen LogP contribution in [0.25, 0.3) is 6.08 Å². The number of nitrogens with one attached hydrogen (secondary N) is 1. The van der Waals surface area contributed by atoms with E-state index in [0.717, 1.165) is 0 Å². The number of aliphatic hydroxyl groups excluding tert-OH is 1. The molecule has 100 valence electrons. The molecule has 0 fully saturated rings. The quantitative estimate of drug-likeness (QED) is 0.564. The van der Waals surface area contributed by atoms with Crippen LogP contribution in [0.5, 0.6) is 0 Å². The van der Waals surface area contributed by atoms with Gasteiger partial charge in [-0.3, -0.25) is 4.79 Å². The second-order valence-corrected chi connectivity index (χ2v) is 4.24.